The van der Waals surface area contributed by atoms with Gasteiger partial charge in [-0.2, -0.15) is 0 Å². The third-order valence-electron chi connectivity index (χ3n) is 6.49. The standard InChI is InChI=1S/C25H48O8/c1-2-3-4-5-6-7-8-9-10-11-12-13-14-15-16-17-18-32-24(30)25(31)23(29)22(28)21(27)20(19-26)33-25/h20-23,26-29,31H,2-19H2,1H3/t20-,21-,22+,23-,25?/m1/s1. The third-order valence-corrected chi connectivity index (χ3v) is 6.49. The van der Waals surface area contributed by atoms with E-state index in [1.54, 1.807) is 0 Å². The Morgan fingerprint density at radius 2 is 1.18 bits per heavy atom. The Labute approximate surface area is 199 Å². The minimum absolute atomic E-state index is 0.0537. The van der Waals surface area contributed by atoms with Crippen LogP contribution in [0.15, 0.2) is 0 Å². The van der Waals surface area contributed by atoms with Crippen molar-refractivity contribution < 1.29 is 39.8 Å². The predicted molar refractivity (Wildman–Crippen MR) is 125 cm³/mol. The summed E-state index contributed by atoms with van der Waals surface area (Å²) in [5.41, 5.74) is 0. The SMILES string of the molecule is CCCCCCCCCCCCCCCCCCOC(=O)C1(O)O[C@H](CO)[C@@H](O)[C@H](O)[C@H]1O. The molecule has 1 saturated heterocycles. The zero-order valence-corrected chi connectivity index (χ0v) is 20.5. The number of rotatable bonds is 19. The van der Waals surface area contributed by atoms with Gasteiger partial charge in [-0.1, -0.05) is 103 Å². The van der Waals surface area contributed by atoms with Crippen LogP contribution in [-0.2, 0) is 14.3 Å². The summed E-state index contributed by atoms with van der Waals surface area (Å²) in [4.78, 5) is 12.2. The van der Waals surface area contributed by atoms with Gasteiger partial charge in [-0.3, -0.25) is 0 Å². The van der Waals surface area contributed by atoms with Crippen molar-refractivity contribution in [2.75, 3.05) is 13.2 Å². The van der Waals surface area contributed by atoms with Gasteiger partial charge in [-0.05, 0) is 6.42 Å². The van der Waals surface area contributed by atoms with E-state index in [4.69, 9.17) is 9.47 Å². The van der Waals surface area contributed by atoms with Crippen LogP contribution in [-0.4, -0.2) is 74.9 Å². The number of aliphatic hydroxyl groups is 5. The van der Waals surface area contributed by atoms with E-state index in [1.807, 2.05) is 0 Å². The van der Waals surface area contributed by atoms with Gasteiger partial charge in [0.2, 0.25) is 0 Å². The van der Waals surface area contributed by atoms with Crippen LogP contribution in [0.4, 0.5) is 0 Å². The minimum atomic E-state index is -2.82. The zero-order chi connectivity index (χ0) is 24.5. The van der Waals surface area contributed by atoms with E-state index >= 15 is 0 Å². The van der Waals surface area contributed by atoms with Crippen LogP contribution in [0.25, 0.3) is 0 Å². The number of carbonyl (C=O) groups excluding carboxylic acids is 1. The fourth-order valence-corrected chi connectivity index (χ4v) is 4.24. The first-order valence-corrected chi connectivity index (χ1v) is 13.1. The lowest BCUT2D eigenvalue weighted by atomic mass is 9.92. The number of aliphatic hydroxyl groups excluding tert-OH is 4. The van der Waals surface area contributed by atoms with Crippen molar-refractivity contribution in [1.82, 2.24) is 0 Å². The van der Waals surface area contributed by atoms with Crippen LogP contribution in [0.1, 0.15) is 110 Å². The molecule has 0 radical (unpaired) electrons. The van der Waals surface area contributed by atoms with Crippen molar-refractivity contribution in [3.8, 4) is 0 Å². The van der Waals surface area contributed by atoms with Crippen LogP contribution in [0.2, 0.25) is 0 Å². The van der Waals surface area contributed by atoms with Crippen LogP contribution in [0.3, 0.4) is 0 Å². The number of hydrogen-bond donors (Lipinski definition) is 5. The highest BCUT2D eigenvalue weighted by atomic mass is 16.7. The van der Waals surface area contributed by atoms with Crippen molar-refractivity contribution in [2.24, 2.45) is 0 Å². The molecule has 1 heterocycles. The largest absolute Gasteiger partial charge is 0.462 e. The van der Waals surface area contributed by atoms with Gasteiger partial charge in [0.05, 0.1) is 13.2 Å². The lowest BCUT2D eigenvalue weighted by Crippen LogP contribution is -2.68. The highest BCUT2D eigenvalue weighted by Crippen LogP contribution is 2.29. The second-order valence-electron chi connectivity index (χ2n) is 9.40. The second-order valence-corrected chi connectivity index (χ2v) is 9.40. The molecule has 0 aliphatic carbocycles. The zero-order valence-electron chi connectivity index (χ0n) is 20.5. The molecule has 5 N–H and O–H groups in total. The Kier molecular flexibility index (Phi) is 16.2. The van der Waals surface area contributed by atoms with E-state index in [1.165, 1.54) is 77.0 Å². The van der Waals surface area contributed by atoms with Crippen molar-refractivity contribution in [2.45, 2.75) is 140 Å². The molecular weight excluding hydrogens is 428 g/mol. The fraction of sp³-hybridized carbons (Fsp3) is 0.960. The molecule has 0 aromatic heterocycles. The Balaban J connectivity index is 1.99. The third kappa shape index (κ3) is 11.0. The summed E-state index contributed by atoms with van der Waals surface area (Å²) in [6, 6.07) is 0. The molecule has 1 aliphatic rings. The average molecular weight is 477 g/mol. The average Bonchev–Trinajstić information content (AvgIpc) is 2.81. The van der Waals surface area contributed by atoms with Gasteiger partial charge in [0.25, 0.3) is 5.79 Å². The van der Waals surface area contributed by atoms with Crippen molar-refractivity contribution in [1.29, 1.82) is 0 Å². The lowest BCUT2D eigenvalue weighted by molar-refractivity contribution is -0.339. The maximum atomic E-state index is 12.2. The number of ether oxygens (including phenoxy) is 2. The predicted octanol–water partition coefficient (Wildman–Crippen LogP) is 2.95. The van der Waals surface area contributed by atoms with Gasteiger partial charge in [0.15, 0.2) is 0 Å². The summed E-state index contributed by atoms with van der Waals surface area (Å²) in [7, 11) is 0. The normalized spacial score (nSPS) is 27.6. The van der Waals surface area contributed by atoms with E-state index in [9.17, 15) is 30.3 Å². The molecule has 8 heteroatoms. The molecule has 0 bridgehead atoms. The van der Waals surface area contributed by atoms with Gasteiger partial charge >= 0.3 is 5.97 Å². The van der Waals surface area contributed by atoms with E-state index in [2.05, 4.69) is 6.92 Å². The summed E-state index contributed by atoms with van der Waals surface area (Å²) in [6.45, 7) is 1.57. The summed E-state index contributed by atoms with van der Waals surface area (Å²) < 4.78 is 9.94. The Morgan fingerprint density at radius 1 is 0.758 bits per heavy atom. The molecule has 0 saturated carbocycles. The molecular formula is C25H48O8. The minimum Gasteiger partial charge on any atom is -0.462 e. The van der Waals surface area contributed by atoms with E-state index in [0.717, 1.165) is 19.3 Å². The first kappa shape index (κ1) is 30.3. The first-order valence-electron chi connectivity index (χ1n) is 13.1. The van der Waals surface area contributed by atoms with Crippen LogP contribution in [0, 0.1) is 0 Å². The maximum absolute atomic E-state index is 12.2. The Morgan fingerprint density at radius 3 is 1.61 bits per heavy atom. The quantitative estimate of drug-likeness (QED) is 0.142. The van der Waals surface area contributed by atoms with Gasteiger partial charge in [-0.25, -0.2) is 4.79 Å². The highest BCUT2D eigenvalue weighted by Gasteiger charge is 2.58. The topological polar surface area (TPSA) is 137 Å². The number of hydrogen-bond acceptors (Lipinski definition) is 8. The van der Waals surface area contributed by atoms with Crippen LogP contribution >= 0.6 is 0 Å². The Bertz CT molecular complexity index is 501. The Hall–Kier alpha value is -0.770. The molecule has 0 spiro atoms. The van der Waals surface area contributed by atoms with Gasteiger partial charge < -0.3 is 35.0 Å². The fourth-order valence-electron chi connectivity index (χ4n) is 4.24. The van der Waals surface area contributed by atoms with E-state index in [0.29, 0.717) is 6.42 Å². The maximum Gasteiger partial charge on any atom is 0.369 e. The van der Waals surface area contributed by atoms with Gasteiger partial charge in [0.1, 0.15) is 24.4 Å². The number of esters is 1. The molecule has 1 rings (SSSR count). The molecule has 0 amide bonds. The summed E-state index contributed by atoms with van der Waals surface area (Å²) in [5.74, 6) is -4.05. The van der Waals surface area contributed by atoms with Crippen LogP contribution < -0.4 is 0 Å². The van der Waals surface area contributed by atoms with E-state index < -0.39 is 42.8 Å². The van der Waals surface area contributed by atoms with Crippen molar-refractivity contribution in [3.05, 3.63) is 0 Å². The summed E-state index contributed by atoms with van der Waals surface area (Å²) in [5, 5.41) is 48.9. The molecule has 8 nitrogen and oxygen atoms in total. The van der Waals surface area contributed by atoms with Crippen LogP contribution in [0.5, 0.6) is 0 Å². The van der Waals surface area contributed by atoms with Crippen molar-refractivity contribution >= 4 is 5.97 Å². The summed E-state index contributed by atoms with van der Waals surface area (Å²) >= 11 is 0. The molecule has 196 valence electrons. The second kappa shape index (κ2) is 17.6. The molecule has 0 aromatic carbocycles. The molecule has 5 atom stereocenters. The smallest absolute Gasteiger partial charge is 0.369 e. The molecule has 1 fully saturated rings. The monoisotopic (exact) mass is 476 g/mol. The molecule has 1 unspecified atom stereocenters. The molecule has 0 aromatic rings. The molecule has 1 aliphatic heterocycles. The number of unbranched alkanes of at least 4 members (excludes halogenated alkanes) is 15. The van der Waals surface area contributed by atoms with E-state index in [-0.39, 0.29) is 6.61 Å². The first-order chi connectivity index (χ1) is 15.9. The van der Waals surface area contributed by atoms with Gasteiger partial charge in [0, 0.05) is 0 Å². The number of carbonyl (C=O) groups is 1. The lowest BCUT2D eigenvalue weighted by Gasteiger charge is -2.43. The van der Waals surface area contributed by atoms with Crippen molar-refractivity contribution in [3.63, 3.8) is 0 Å². The van der Waals surface area contributed by atoms with Gasteiger partial charge in [-0.15, -0.1) is 0 Å². The highest BCUT2D eigenvalue weighted by molar-refractivity contribution is 5.78. The summed E-state index contributed by atoms with van der Waals surface area (Å²) in [6.07, 6.45) is 12.7. The molecule has 33 heavy (non-hydrogen) atoms.